The zero-order chi connectivity index (χ0) is 20.8. The Balaban J connectivity index is 1.34. The van der Waals surface area contributed by atoms with Gasteiger partial charge in [-0.05, 0) is 75.0 Å². The molecule has 164 valence electrons. The molecular weight excluding hydrogens is 372 g/mol. The van der Waals surface area contributed by atoms with Crippen LogP contribution < -0.4 is 0 Å². The Hall–Kier alpha value is -1.65. The standard InChI is InChI=1S/C26H38N2O2/c1-30-15-14-28(26(29)16-21-8-3-2-4-9-21)20-22-10-7-13-27(19-22)25-17-23-11-5-6-12-24(23)18-25/h5-6,8,11-12,22,25H,2-4,7,9-10,13-20H2,1H3. The third-order valence-electron chi connectivity index (χ3n) is 7.26. The summed E-state index contributed by atoms with van der Waals surface area (Å²) in [4.78, 5) is 17.9. The molecule has 0 bridgehead atoms. The summed E-state index contributed by atoms with van der Waals surface area (Å²) in [6.45, 7) is 4.55. The number of hydrogen-bond acceptors (Lipinski definition) is 3. The van der Waals surface area contributed by atoms with Crippen LogP contribution in [0.15, 0.2) is 35.9 Å². The van der Waals surface area contributed by atoms with E-state index in [1.54, 1.807) is 7.11 Å². The van der Waals surface area contributed by atoms with Crippen molar-refractivity contribution in [3.8, 4) is 0 Å². The molecular formula is C26H38N2O2. The number of carbonyl (C=O) groups excluding carboxylic acids is 1. The summed E-state index contributed by atoms with van der Waals surface area (Å²) in [5, 5.41) is 0. The topological polar surface area (TPSA) is 32.8 Å². The number of piperidine rings is 1. The number of allylic oxidation sites excluding steroid dienone is 1. The lowest BCUT2D eigenvalue weighted by Gasteiger charge is -2.39. The van der Waals surface area contributed by atoms with Gasteiger partial charge in [-0.2, -0.15) is 0 Å². The highest BCUT2D eigenvalue weighted by molar-refractivity contribution is 5.78. The van der Waals surface area contributed by atoms with Crippen LogP contribution in [0, 0.1) is 5.92 Å². The van der Waals surface area contributed by atoms with Crippen LogP contribution in [0.5, 0.6) is 0 Å². The van der Waals surface area contributed by atoms with Gasteiger partial charge in [-0.1, -0.05) is 35.9 Å². The number of rotatable bonds is 8. The van der Waals surface area contributed by atoms with Crippen molar-refractivity contribution in [3.63, 3.8) is 0 Å². The molecule has 4 nitrogen and oxygen atoms in total. The van der Waals surface area contributed by atoms with E-state index in [2.05, 4.69) is 40.1 Å². The van der Waals surface area contributed by atoms with Crippen molar-refractivity contribution >= 4 is 5.91 Å². The Labute approximate surface area is 182 Å². The molecule has 2 aliphatic carbocycles. The average molecular weight is 411 g/mol. The minimum Gasteiger partial charge on any atom is -0.383 e. The summed E-state index contributed by atoms with van der Waals surface area (Å²) in [6.07, 6.45) is 12.5. The molecule has 3 aliphatic rings. The third kappa shape index (κ3) is 5.53. The summed E-state index contributed by atoms with van der Waals surface area (Å²) < 4.78 is 5.32. The number of likely N-dealkylation sites (tertiary alicyclic amines) is 1. The lowest BCUT2D eigenvalue weighted by atomic mass is 9.94. The van der Waals surface area contributed by atoms with Crippen molar-refractivity contribution in [2.45, 2.75) is 63.8 Å². The second-order valence-electron chi connectivity index (χ2n) is 9.45. The zero-order valence-corrected chi connectivity index (χ0v) is 18.7. The van der Waals surface area contributed by atoms with Crippen LogP contribution >= 0.6 is 0 Å². The van der Waals surface area contributed by atoms with E-state index in [1.807, 2.05) is 0 Å². The first-order valence-electron chi connectivity index (χ1n) is 12.0. The highest BCUT2D eigenvalue weighted by Gasteiger charge is 2.31. The molecule has 0 aromatic heterocycles. The van der Waals surface area contributed by atoms with Crippen LogP contribution in [0.3, 0.4) is 0 Å². The Bertz CT molecular complexity index is 719. The first-order valence-corrected chi connectivity index (χ1v) is 12.0. The summed E-state index contributed by atoms with van der Waals surface area (Å²) in [5.74, 6) is 0.870. The van der Waals surface area contributed by atoms with Crippen molar-refractivity contribution in [1.82, 2.24) is 9.80 Å². The van der Waals surface area contributed by atoms with E-state index in [0.29, 0.717) is 37.4 Å². The molecule has 0 N–H and O–H groups in total. The Morgan fingerprint density at radius 1 is 1.17 bits per heavy atom. The summed E-state index contributed by atoms with van der Waals surface area (Å²) >= 11 is 0. The number of ether oxygens (including phenoxy) is 1. The van der Waals surface area contributed by atoms with Crippen molar-refractivity contribution in [3.05, 3.63) is 47.0 Å². The molecule has 1 unspecified atom stereocenters. The van der Waals surface area contributed by atoms with Gasteiger partial charge >= 0.3 is 0 Å². The van der Waals surface area contributed by atoms with Gasteiger partial charge in [0.1, 0.15) is 0 Å². The van der Waals surface area contributed by atoms with E-state index >= 15 is 0 Å². The molecule has 1 aromatic rings. The Morgan fingerprint density at radius 3 is 2.67 bits per heavy atom. The van der Waals surface area contributed by atoms with Gasteiger partial charge in [-0.3, -0.25) is 9.69 Å². The van der Waals surface area contributed by atoms with Gasteiger partial charge in [-0.25, -0.2) is 0 Å². The quantitative estimate of drug-likeness (QED) is 0.601. The maximum Gasteiger partial charge on any atom is 0.226 e. The minimum absolute atomic E-state index is 0.297. The fourth-order valence-corrected chi connectivity index (χ4v) is 5.57. The number of nitrogens with zero attached hydrogens (tertiary/aromatic N) is 2. The SMILES string of the molecule is COCCN(CC1CCCN(C2Cc3ccccc3C2)C1)C(=O)CC1=CCCCC1. The fraction of sp³-hybridized carbons (Fsp3) is 0.654. The van der Waals surface area contributed by atoms with E-state index in [9.17, 15) is 4.79 Å². The minimum atomic E-state index is 0.297. The van der Waals surface area contributed by atoms with Crippen LogP contribution in [-0.4, -0.2) is 61.6 Å². The molecule has 0 spiro atoms. The normalized spacial score (nSPS) is 22.6. The molecule has 0 radical (unpaired) electrons. The van der Waals surface area contributed by atoms with Crippen LogP contribution in [0.4, 0.5) is 0 Å². The fourth-order valence-electron chi connectivity index (χ4n) is 5.57. The summed E-state index contributed by atoms with van der Waals surface area (Å²) in [7, 11) is 1.73. The predicted octanol–water partition coefficient (Wildman–Crippen LogP) is 4.23. The molecule has 1 aliphatic heterocycles. The monoisotopic (exact) mass is 410 g/mol. The molecule has 0 saturated carbocycles. The smallest absolute Gasteiger partial charge is 0.226 e. The van der Waals surface area contributed by atoms with Gasteiger partial charge in [-0.15, -0.1) is 0 Å². The lowest BCUT2D eigenvalue weighted by Crippen LogP contribution is -2.47. The third-order valence-corrected chi connectivity index (χ3v) is 7.26. The van der Waals surface area contributed by atoms with Crippen molar-refractivity contribution < 1.29 is 9.53 Å². The highest BCUT2D eigenvalue weighted by atomic mass is 16.5. The molecule has 4 rings (SSSR count). The first-order chi connectivity index (χ1) is 14.7. The van der Waals surface area contributed by atoms with Crippen LogP contribution in [-0.2, 0) is 22.4 Å². The number of hydrogen-bond donors (Lipinski definition) is 0. The molecule has 4 heteroatoms. The second kappa shape index (κ2) is 10.6. The zero-order valence-electron chi connectivity index (χ0n) is 18.7. The average Bonchev–Trinajstić information content (AvgIpc) is 3.22. The first kappa shape index (κ1) is 21.6. The second-order valence-corrected chi connectivity index (χ2v) is 9.45. The van der Waals surface area contributed by atoms with Crippen LogP contribution in [0.2, 0.25) is 0 Å². The molecule has 1 saturated heterocycles. The van der Waals surface area contributed by atoms with E-state index in [4.69, 9.17) is 4.74 Å². The van der Waals surface area contributed by atoms with Gasteiger partial charge in [0.2, 0.25) is 5.91 Å². The Morgan fingerprint density at radius 2 is 1.97 bits per heavy atom. The van der Waals surface area contributed by atoms with Crippen molar-refractivity contribution in [1.29, 1.82) is 0 Å². The Kier molecular flexibility index (Phi) is 7.62. The molecule has 1 aromatic carbocycles. The maximum atomic E-state index is 13.1. The molecule has 1 atom stereocenters. The number of amides is 1. The number of carbonyl (C=O) groups is 1. The van der Waals surface area contributed by atoms with Gasteiger partial charge in [0.15, 0.2) is 0 Å². The number of methoxy groups -OCH3 is 1. The molecule has 30 heavy (non-hydrogen) atoms. The lowest BCUT2D eigenvalue weighted by molar-refractivity contribution is -0.132. The largest absolute Gasteiger partial charge is 0.383 e. The van der Waals surface area contributed by atoms with Crippen LogP contribution in [0.1, 0.15) is 56.1 Å². The predicted molar refractivity (Wildman–Crippen MR) is 122 cm³/mol. The molecule has 1 heterocycles. The van der Waals surface area contributed by atoms with Crippen molar-refractivity contribution in [2.24, 2.45) is 5.92 Å². The van der Waals surface area contributed by atoms with E-state index in [-0.39, 0.29) is 0 Å². The van der Waals surface area contributed by atoms with E-state index in [1.165, 1.54) is 61.8 Å². The highest BCUT2D eigenvalue weighted by Crippen LogP contribution is 2.29. The molecule has 1 amide bonds. The molecule has 1 fully saturated rings. The van der Waals surface area contributed by atoms with Gasteiger partial charge in [0.25, 0.3) is 0 Å². The number of fused-ring (bicyclic) bond motifs is 1. The maximum absolute atomic E-state index is 13.1. The summed E-state index contributed by atoms with van der Waals surface area (Å²) in [6, 6.07) is 9.56. The van der Waals surface area contributed by atoms with Crippen molar-refractivity contribution in [2.75, 3.05) is 39.9 Å². The van der Waals surface area contributed by atoms with E-state index in [0.717, 1.165) is 25.9 Å². The van der Waals surface area contributed by atoms with Gasteiger partial charge in [0.05, 0.1) is 6.61 Å². The number of benzene rings is 1. The van der Waals surface area contributed by atoms with Gasteiger partial charge < -0.3 is 9.64 Å². The van der Waals surface area contributed by atoms with Crippen LogP contribution in [0.25, 0.3) is 0 Å². The van der Waals surface area contributed by atoms with Gasteiger partial charge in [0, 0.05) is 39.2 Å². The summed E-state index contributed by atoms with van der Waals surface area (Å²) in [5.41, 5.74) is 4.41. The van der Waals surface area contributed by atoms with E-state index < -0.39 is 0 Å².